The maximum absolute atomic E-state index is 13.1. The highest BCUT2D eigenvalue weighted by Gasteiger charge is 2.20. The first kappa shape index (κ1) is 14.6. The van der Waals surface area contributed by atoms with Crippen LogP contribution in [0, 0.1) is 5.82 Å². The highest BCUT2D eigenvalue weighted by atomic mass is 19.1. The van der Waals surface area contributed by atoms with Crippen LogP contribution in [0.1, 0.15) is 21.5 Å². The molecule has 0 fully saturated rings. The van der Waals surface area contributed by atoms with E-state index in [9.17, 15) is 9.18 Å². The number of anilines is 1. The summed E-state index contributed by atoms with van der Waals surface area (Å²) in [7, 11) is 0. The first-order valence-electron chi connectivity index (χ1n) is 7.51. The van der Waals surface area contributed by atoms with Gasteiger partial charge in [-0.1, -0.05) is 24.3 Å². The highest BCUT2D eigenvalue weighted by molar-refractivity contribution is 6.06. The van der Waals surface area contributed by atoms with Crippen LogP contribution in [0.4, 0.5) is 10.2 Å². The van der Waals surface area contributed by atoms with Gasteiger partial charge in [0.15, 0.2) is 0 Å². The van der Waals surface area contributed by atoms with Gasteiger partial charge in [0.1, 0.15) is 11.6 Å². The second kappa shape index (κ2) is 5.90. The summed E-state index contributed by atoms with van der Waals surface area (Å²) in [6.45, 7) is 0.966. The molecule has 5 nitrogen and oxygen atoms in total. The van der Waals surface area contributed by atoms with E-state index in [2.05, 4.69) is 15.5 Å². The summed E-state index contributed by atoms with van der Waals surface area (Å²) < 4.78 is 18.5. The lowest BCUT2D eigenvalue weighted by Gasteiger charge is -2.09. The van der Waals surface area contributed by atoms with Gasteiger partial charge in [-0.25, -0.2) is 4.39 Å². The zero-order chi connectivity index (χ0) is 16.5. The van der Waals surface area contributed by atoms with Crippen LogP contribution in [0.25, 0.3) is 11.1 Å². The molecule has 24 heavy (non-hydrogen) atoms. The minimum absolute atomic E-state index is 0.232. The third-order valence-electron chi connectivity index (χ3n) is 4.05. The Balaban J connectivity index is 1.63. The topological polar surface area (TPSA) is 67.0 Å². The quantitative estimate of drug-likeness (QED) is 0.775. The summed E-state index contributed by atoms with van der Waals surface area (Å²) in [4.78, 5) is 12.6. The number of halogens is 1. The molecule has 2 N–H and O–H groups in total. The molecule has 2 heterocycles. The van der Waals surface area contributed by atoms with Crippen molar-refractivity contribution in [1.82, 2.24) is 10.2 Å². The summed E-state index contributed by atoms with van der Waals surface area (Å²) >= 11 is 0. The van der Waals surface area contributed by atoms with Crippen molar-refractivity contribution in [2.24, 2.45) is 0 Å². The van der Waals surface area contributed by atoms with Crippen LogP contribution in [0.15, 0.2) is 48.7 Å². The predicted molar refractivity (Wildman–Crippen MR) is 86.9 cm³/mol. The van der Waals surface area contributed by atoms with E-state index in [4.69, 9.17) is 4.74 Å². The van der Waals surface area contributed by atoms with Crippen molar-refractivity contribution >= 4 is 11.7 Å². The molecule has 3 aromatic rings. The predicted octanol–water partition coefficient (Wildman–Crippen LogP) is 3.50. The number of hydrogen-bond acceptors (Lipinski definition) is 3. The van der Waals surface area contributed by atoms with Gasteiger partial charge in [0.25, 0.3) is 5.91 Å². The lowest BCUT2D eigenvalue weighted by atomic mass is 10.0. The Morgan fingerprint density at radius 2 is 2.00 bits per heavy atom. The molecule has 1 aromatic heterocycles. The van der Waals surface area contributed by atoms with Crippen LogP contribution in [-0.2, 0) is 18.0 Å². The number of H-pyrrole nitrogens is 1. The minimum Gasteiger partial charge on any atom is -0.372 e. The Hall–Kier alpha value is -2.99. The number of carbonyl (C=O) groups excluding carboxylic acids is 1. The fourth-order valence-corrected chi connectivity index (χ4v) is 2.83. The molecule has 6 heteroatoms. The van der Waals surface area contributed by atoms with Crippen molar-refractivity contribution in [1.29, 1.82) is 0 Å². The van der Waals surface area contributed by atoms with Crippen molar-refractivity contribution in [3.05, 3.63) is 71.2 Å². The number of ether oxygens (including phenoxy) is 1. The van der Waals surface area contributed by atoms with Crippen molar-refractivity contribution in [3.8, 4) is 11.1 Å². The number of nitrogens with one attached hydrogen (secondary N) is 2. The average molecular weight is 323 g/mol. The number of rotatable bonds is 3. The van der Waals surface area contributed by atoms with Gasteiger partial charge in [-0.3, -0.25) is 9.89 Å². The molecule has 4 rings (SSSR count). The molecule has 0 bridgehead atoms. The van der Waals surface area contributed by atoms with Gasteiger partial charge in [-0.2, -0.15) is 5.10 Å². The number of fused-ring (bicyclic) bond motifs is 1. The molecule has 1 aliphatic heterocycles. The third kappa shape index (κ3) is 2.57. The van der Waals surface area contributed by atoms with E-state index in [1.54, 1.807) is 24.4 Å². The second-order valence-electron chi connectivity index (χ2n) is 5.56. The van der Waals surface area contributed by atoms with Crippen LogP contribution in [0.5, 0.6) is 0 Å². The molecule has 0 unspecified atom stereocenters. The molecular formula is C18H14FN3O2. The van der Waals surface area contributed by atoms with E-state index >= 15 is 0 Å². The normalized spacial score (nSPS) is 12.9. The van der Waals surface area contributed by atoms with E-state index in [0.717, 1.165) is 16.7 Å². The zero-order valence-corrected chi connectivity index (χ0v) is 12.7. The first-order valence-corrected chi connectivity index (χ1v) is 7.51. The number of aromatic nitrogens is 2. The second-order valence-corrected chi connectivity index (χ2v) is 5.56. The third-order valence-corrected chi connectivity index (χ3v) is 4.05. The molecule has 1 aliphatic rings. The first-order chi connectivity index (χ1) is 11.7. The van der Waals surface area contributed by atoms with Gasteiger partial charge in [0.2, 0.25) is 0 Å². The summed E-state index contributed by atoms with van der Waals surface area (Å²) in [6.07, 6.45) is 1.60. The lowest BCUT2D eigenvalue weighted by molar-refractivity contribution is 0.102. The van der Waals surface area contributed by atoms with Gasteiger partial charge in [-0.05, 0) is 34.9 Å². The fourth-order valence-electron chi connectivity index (χ4n) is 2.83. The smallest absolute Gasteiger partial charge is 0.257 e. The summed E-state index contributed by atoms with van der Waals surface area (Å²) in [5, 5.41) is 9.61. The summed E-state index contributed by atoms with van der Waals surface area (Å²) in [6, 6.07) is 11.6. The minimum atomic E-state index is -0.312. The van der Waals surface area contributed by atoms with Crippen LogP contribution >= 0.6 is 0 Å². The largest absolute Gasteiger partial charge is 0.372 e. The molecule has 0 saturated carbocycles. The Bertz CT molecular complexity index is 903. The van der Waals surface area contributed by atoms with E-state index in [1.165, 1.54) is 12.1 Å². The van der Waals surface area contributed by atoms with Gasteiger partial charge < -0.3 is 10.1 Å². The van der Waals surface area contributed by atoms with Crippen LogP contribution in [0.3, 0.4) is 0 Å². The van der Waals surface area contributed by atoms with E-state index < -0.39 is 0 Å². The molecule has 0 aliphatic carbocycles. The Labute approximate surface area is 137 Å². The summed E-state index contributed by atoms with van der Waals surface area (Å²) in [5.41, 5.74) is 4.00. The van der Waals surface area contributed by atoms with E-state index in [0.29, 0.717) is 30.2 Å². The van der Waals surface area contributed by atoms with Crippen molar-refractivity contribution < 1.29 is 13.9 Å². The number of carbonyl (C=O) groups is 1. The lowest BCUT2D eigenvalue weighted by Crippen LogP contribution is -2.15. The Kier molecular flexibility index (Phi) is 3.59. The molecular weight excluding hydrogens is 309 g/mol. The zero-order valence-electron chi connectivity index (χ0n) is 12.7. The summed E-state index contributed by atoms with van der Waals surface area (Å²) in [5.74, 6) is -0.0687. The van der Waals surface area contributed by atoms with Crippen LogP contribution in [0.2, 0.25) is 0 Å². The molecule has 0 radical (unpaired) electrons. The van der Waals surface area contributed by atoms with Crippen LogP contribution in [-0.4, -0.2) is 16.1 Å². The average Bonchev–Trinajstić information content (AvgIpc) is 3.24. The highest BCUT2D eigenvalue weighted by Crippen LogP contribution is 2.28. The Morgan fingerprint density at radius 3 is 2.83 bits per heavy atom. The van der Waals surface area contributed by atoms with Gasteiger partial charge in [0, 0.05) is 11.1 Å². The molecule has 0 spiro atoms. The number of benzene rings is 2. The number of nitrogens with zero attached hydrogens (tertiary/aromatic N) is 1. The van der Waals surface area contributed by atoms with Crippen molar-refractivity contribution in [3.63, 3.8) is 0 Å². The standard InChI is InChI=1S/C18H14FN3O2/c19-13-6-4-11(5-7-13)15-8-20-22-17(15)21-18(23)14-3-1-2-12-9-24-10-16(12)14/h1-8H,9-10H2,(H2,20,21,22,23). The molecule has 120 valence electrons. The molecule has 0 saturated heterocycles. The van der Waals surface area contributed by atoms with E-state index in [-0.39, 0.29) is 11.7 Å². The van der Waals surface area contributed by atoms with E-state index in [1.807, 2.05) is 12.1 Å². The molecule has 1 amide bonds. The monoisotopic (exact) mass is 323 g/mol. The molecule has 2 aromatic carbocycles. The van der Waals surface area contributed by atoms with Gasteiger partial charge in [0.05, 0.1) is 19.4 Å². The number of amides is 1. The van der Waals surface area contributed by atoms with Crippen molar-refractivity contribution in [2.75, 3.05) is 5.32 Å². The number of hydrogen-bond donors (Lipinski definition) is 2. The number of aromatic amines is 1. The SMILES string of the molecule is O=C(Nc1[nH]ncc1-c1ccc(F)cc1)c1cccc2c1COC2. The van der Waals surface area contributed by atoms with Gasteiger partial charge >= 0.3 is 0 Å². The molecule has 0 atom stereocenters. The maximum atomic E-state index is 13.1. The van der Waals surface area contributed by atoms with Gasteiger partial charge in [-0.15, -0.1) is 0 Å². The van der Waals surface area contributed by atoms with Crippen LogP contribution < -0.4 is 5.32 Å². The maximum Gasteiger partial charge on any atom is 0.257 e. The van der Waals surface area contributed by atoms with Crippen molar-refractivity contribution in [2.45, 2.75) is 13.2 Å². The Morgan fingerprint density at radius 1 is 1.17 bits per heavy atom. The fraction of sp³-hybridized carbons (Fsp3) is 0.111.